The Kier molecular flexibility index (Phi) is 4.84. The van der Waals surface area contributed by atoms with Crippen molar-refractivity contribution < 1.29 is 4.79 Å². The number of anilines is 1. The third kappa shape index (κ3) is 3.63. The van der Waals surface area contributed by atoms with E-state index in [2.05, 4.69) is 23.7 Å². The molecular formula is C15H21N3OS. The summed E-state index contributed by atoms with van der Waals surface area (Å²) in [6.07, 6.45) is 3.65. The third-order valence-electron chi connectivity index (χ3n) is 3.08. The molecule has 0 aromatic carbocycles. The maximum atomic E-state index is 12.3. The quantitative estimate of drug-likeness (QED) is 0.859. The molecular weight excluding hydrogens is 270 g/mol. The van der Waals surface area contributed by atoms with Gasteiger partial charge in [-0.15, -0.1) is 11.3 Å². The molecule has 5 heteroatoms. The van der Waals surface area contributed by atoms with Crippen molar-refractivity contribution in [2.75, 3.05) is 5.73 Å². The highest BCUT2D eigenvalue weighted by molar-refractivity contribution is 7.09. The molecule has 2 aromatic rings. The minimum absolute atomic E-state index is 0.0563. The van der Waals surface area contributed by atoms with E-state index in [0.717, 1.165) is 19.4 Å². The van der Waals surface area contributed by atoms with Crippen LogP contribution in [0.5, 0.6) is 0 Å². The second-order valence-corrected chi connectivity index (χ2v) is 6.04. The van der Waals surface area contributed by atoms with Crippen LogP contribution in [-0.2, 0) is 13.0 Å². The summed E-state index contributed by atoms with van der Waals surface area (Å²) in [6.45, 7) is 4.91. The molecule has 108 valence electrons. The Morgan fingerprint density at radius 2 is 2.35 bits per heavy atom. The van der Waals surface area contributed by atoms with Gasteiger partial charge in [-0.2, -0.15) is 0 Å². The van der Waals surface area contributed by atoms with E-state index in [1.807, 2.05) is 23.8 Å². The molecule has 0 bridgehead atoms. The molecule has 0 saturated heterocycles. The fourth-order valence-electron chi connectivity index (χ4n) is 2.23. The maximum absolute atomic E-state index is 12.3. The van der Waals surface area contributed by atoms with E-state index in [0.29, 0.717) is 11.4 Å². The SMILES string of the molecule is CCCn1cc(N)cc1C(=O)NC(C)Cc1cccs1. The topological polar surface area (TPSA) is 60.0 Å². The number of hydrogen-bond donors (Lipinski definition) is 2. The van der Waals surface area contributed by atoms with Crippen molar-refractivity contribution in [2.45, 2.75) is 39.3 Å². The van der Waals surface area contributed by atoms with Crippen molar-refractivity contribution in [1.82, 2.24) is 9.88 Å². The Morgan fingerprint density at radius 1 is 1.55 bits per heavy atom. The van der Waals surface area contributed by atoms with Gasteiger partial charge in [-0.25, -0.2) is 0 Å². The first-order valence-corrected chi connectivity index (χ1v) is 7.77. The lowest BCUT2D eigenvalue weighted by atomic mass is 10.2. The lowest BCUT2D eigenvalue weighted by molar-refractivity contribution is 0.0930. The molecule has 3 N–H and O–H groups in total. The first-order valence-electron chi connectivity index (χ1n) is 6.89. The van der Waals surface area contributed by atoms with Gasteiger partial charge in [0, 0.05) is 30.1 Å². The molecule has 0 aliphatic carbocycles. The second-order valence-electron chi connectivity index (χ2n) is 5.01. The van der Waals surface area contributed by atoms with Crippen LogP contribution in [0, 0.1) is 0 Å². The Hall–Kier alpha value is -1.75. The second kappa shape index (κ2) is 6.61. The Balaban J connectivity index is 2.00. The predicted molar refractivity (Wildman–Crippen MR) is 84.1 cm³/mol. The number of nitrogens with one attached hydrogen (secondary N) is 1. The number of nitrogens with zero attached hydrogens (tertiary/aromatic N) is 1. The molecule has 0 aliphatic rings. The van der Waals surface area contributed by atoms with Gasteiger partial charge in [0.1, 0.15) is 5.69 Å². The summed E-state index contributed by atoms with van der Waals surface area (Å²) in [5.41, 5.74) is 7.06. The van der Waals surface area contributed by atoms with Crippen molar-refractivity contribution in [3.05, 3.63) is 40.3 Å². The average Bonchev–Trinajstić information content (AvgIpc) is 2.99. The number of aryl methyl sites for hydroxylation is 1. The van der Waals surface area contributed by atoms with Gasteiger partial charge >= 0.3 is 0 Å². The summed E-state index contributed by atoms with van der Waals surface area (Å²) in [4.78, 5) is 13.6. The normalized spacial score (nSPS) is 12.3. The van der Waals surface area contributed by atoms with E-state index in [4.69, 9.17) is 5.73 Å². The molecule has 2 rings (SSSR count). The van der Waals surface area contributed by atoms with Gasteiger partial charge in [0.25, 0.3) is 5.91 Å². The third-order valence-corrected chi connectivity index (χ3v) is 3.98. The van der Waals surface area contributed by atoms with Crippen LogP contribution < -0.4 is 11.1 Å². The average molecular weight is 291 g/mol. The van der Waals surface area contributed by atoms with E-state index >= 15 is 0 Å². The van der Waals surface area contributed by atoms with Gasteiger partial charge in [-0.1, -0.05) is 13.0 Å². The molecule has 0 aliphatic heterocycles. The zero-order chi connectivity index (χ0) is 14.5. The molecule has 0 saturated carbocycles. The summed E-state index contributed by atoms with van der Waals surface area (Å²) < 4.78 is 1.92. The van der Waals surface area contributed by atoms with E-state index < -0.39 is 0 Å². The Morgan fingerprint density at radius 3 is 3.00 bits per heavy atom. The summed E-state index contributed by atoms with van der Waals surface area (Å²) in [7, 11) is 0. The standard InChI is InChI=1S/C15H21N3OS/c1-3-6-18-10-12(16)9-14(18)15(19)17-11(2)8-13-5-4-7-20-13/h4-5,7,9-11H,3,6,8,16H2,1-2H3,(H,17,19). The largest absolute Gasteiger partial charge is 0.397 e. The maximum Gasteiger partial charge on any atom is 0.268 e. The van der Waals surface area contributed by atoms with Gasteiger partial charge in [0.2, 0.25) is 0 Å². The van der Waals surface area contributed by atoms with Crippen LogP contribution >= 0.6 is 11.3 Å². The zero-order valence-electron chi connectivity index (χ0n) is 11.9. The fourth-order valence-corrected chi connectivity index (χ4v) is 3.06. The monoisotopic (exact) mass is 291 g/mol. The van der Waals surface area contributed by atoms with Crippen molar-refractivity contribution in [3.63, 3.8) is 0 Å². The van der Waals surface area contributed by atoms with E-state index in [1.54, 1.807) is 17.4 Å². The number of nitrogen functional groups attached to an aromatic ring is 1. The Bertz CT molecular complexity index is 560. The van der Waals surface area contributed by atoms with E-state index in [9.17, 15) is 4.79 Å². The molecule has 2 aromatic heterocycles. The number of hydrogen-bond acceptors (Lipinski definition) is 3. The highest BCUT2D eigenvalue weighted by atomic mass is 32.1. The lowest BCUT2D eigenvalue weighted by Crippen LogP contribution is -2.35. The van der Waals surface area contributed by atoms with Crippen LogP contribution in [0.1, 0.15) is 35.6 Å². The molecule has 0 radical (unpaired) electrons. The summed E-state index contributed by atoms with van der Waals surface area (Å²) in [5.74, 6) is -0.0563. The Labute approximate surface area is 123 Å². The van der Waals surface area contributed by atoms with Crippen LogP contribution in [0.25, 0.3) is 0 Å². The molecule has 1 atom stereocenters. The predicted octanol–water partition coefficient (Wildman–Crippen LogP) is 2.90. The van der Waals surface area contributed by atoms with Gasteiger partial charge in [0.15, 0.2) is 0 Å². The number of nitrogens with two attached hydrogens (primary N) is 1. The minimum Gasteiger partial charge on any atom is -0.397 e. The number of carbonyl (C=O) groups is 1. The first kappa shape index (κ1) is 14.7. The molecule has 0 fully saturated rings. The van der Waals surface area contributed by atoms with Gasteiger partial charge in [-0.05, 0) is 30.9 Å². The molecule has 1 unspecified atom stereocenters. The lowest BCUT2D eigenvalue weighted by Gasteiger charge is -2.14. The molecule has 1 amide bonds. The summed E-state index contributed by atoms with van der Waals surface area (Å²) in [6, 6.07) is 5.96. The summed E-state index contributed by atoms with van der Waals surface area (Å²) >= 11 is 1.71. The fraction of sp³-hybridized carbons (Fsp3) is 0.400. The number of carbonyl (C=O) groups excluding carboxylic acids is 1. The van der Waals surface area contributed by atoms with Crippen LogP contribution in [0.15, 0.2) is 29.8 Å². The number of rotatable bonds is 6. The van der Waals surface area contributed by atoms with Gasteiger partial charge in [-0.3, -0.25) is 4.79 Å². The van der Waals surface area contributed by atoms with Crippen molar-refractivity contribution >= 4 is 22.9 Å². The highest BCUT2D eigenvalue weighted by Crippen LogP contribution is 2.13. The highest BCUT2D eigenvalue weighted by Gasteiger charge is 2.15. The van der Waals surface area contributed by atoms with Crippen LogP contribution in [0.2, 0.25) is 0 Å². The smallest absolute Gasteiger partial charge is 0.268 e. The van der Waals surface area contributed by atoms with Crippen LogP contribution in [0.4, 0.5) is 5.69 Å². The van der Waals surface area contributed by atoms with Gasteiger partial charge in [0.05, 0.1) is 5.69 Å². The van der Waals surface area contributed by atoms with E-state index in [1.165, 1.54) is 4.88 Å². The zero-order valence-corrected chi connectivity index (χ0v) is 12.7. The molecule has 4 nitrogen and oxygen atoms in total. The molecule has 2 heterocycles. The van der Waals surface area contributed by atoms with Crippen LogP contribution in [-0.4, -0.2) is 16.5 Å². The summed E-state index contributed by atoms with van der Waals surface area (Å²) in [5, 5.41) is 5.09. The van der Waals surface area contributed by atoms with Crippen molar-refractivity contribution in [3.8, 4) is 0 Å². The van der Waals surface area contributed by atoms with Crippen molar-refractivity contribution in [1.29, 1.82) is 0 Å². The minimum atomic E-state index is -0.0563. The first-order chi connectivity index (χ1) is 9.60. The van der Waals surface area contributed by atoms with E-state index in [-0.39, 0.29) is 11.9 Å². The number of thiophene rings is 1. The molecule has 0 spiro atoms. The number of aromatic nitrogens is 1. The van der Waals surface area contributed by atoms with Crippen molar-refractivity contribution in [2.24, 2.45) is 0 Å². The van der Waals surface area contributed by atoms with Crippen LogP contribution in [0.3, 0.4) is 0 Å². The number of amides is 1. The van der Waals surface area contributed by atoms with Gasteiger partial charge < -0.3 is 15.6 Å². The molecule has 20 heavy (non-hydrogen) atoms.